The Balaban J connectivity index is 1.65. The SMILES string of the molecule is CCCC1=C(Cn2ccnc2-c2ncccc2F)N=CN2CN(C(C)O)CN12. The quantitative estimate of drug-likeness (QED) is 0.822. The smallest absolute Gasteiger partial charge is 0.162 e. The van der Waals surface area contributed by atoms with Gasteiger partial charge in [0, 0.05) is 18.6 Å². The van der Waals surface area contributed by atoms with E-state index in [0.29, 0.717) is 25.7 Å². The molecule has 0 amide bonds. The van der Waals surface area contributed by atoms with E-state index in [4.69, 9.17) is 0 Å². The van der Waals surface area contributed by atoms with Crippen LogP contribution in [0.1, 0.15) is 26.7 Å². The molecule has 1 atom stereocenters. The number of aromatic nitrogens is 3. The Morgan fingerprint density at radius 2 is 2.11 bits per heavy atom. The lowest BCUT2D eigenvalue weighted by molar-refractivity contribution is 0.0268. The van der Waals surface area contributed by atoms with E-state index in [2.05, 4.69) is 26.9 Å². The molecule has 2 aliphatic heterocycles. The summed E-state index contributed by atoms with van der Waals surface area (Å²) in [4.78, 5) is 15.1. The standard InChI is InChI=1S/C19H24FN7O/c1-3-5-17-16(23-11-26-12-25(14(2)28)13-27(17)26)10-24-9-8-22-19(24)18-15(20)6-4-7-21-18/h4,6-9,11,14,28H,3,5,10,12-13H2,1-2H3. The second-order valence-corrected chi connectivity index (χ2v) is 6.94. The number of allylic oxidation sites excluding steroid dienone is 2. The Labute approximate surface area is 163 Å². The van der Waals surface area contributed by atoms with Gasteiger partial charge in [-0.15, -0.1) is 0 Å². The molecule has 0 spiro atoms. The topological polar surface area (TPSA) is 73.0 Å². The fraction of sp³-hybridized carbons (Fsp3) is 0.421. The van der Waals surface area contributed by atoms with E-state index in [1.165, 1.54) is 6.07 Å². The van der Waals surface area contributed by atoms with Crippen LogP contribution >= 0.6 is 0 Å². The monoisotopic (exact) mass is 385 g/mol. The van der Waals surface area contributed by atoms with Gasteiger partial charge in [0.05, 0.1) is 31.3 Å². The number of hydrogen-bond donors (Lipinski definition) is 1. The summed E-state index contributed by atoms with van der Waals surface area (Å²) in [6, 6.07) is 2.95. The minimum Gasteiger partial charge on any atom is -0.379 e. The van der Waals surface area contributed by atoms with E-state index in [-0.39, 0.29) is 5.69 Å². The van der Waals surface area contributed by atoms with Crippen LogP contribution in [-0.4, -0.2) is 60.5 Å². The molecule has 1 fully saturated rings. The molecule has 0 saturated carbocycles. The lowest BCUT2D eigenvalue weighted by Gasteiger charge is -2.33. The molecule has 1 N–H and O–H groups in total. The molecule has 2 aromatic heterocycles. The van der Waals surface area contributed by atoms with Gasteiger partial charge in [-0.2, -0.15) is 0 Å². The van der Waals surface area contributed by atoms with Gasteiger partial charge in [0.25, 0.3) is 0 Å². The van der Waals surface area contributed by atoms with Gasteiger partial charge >= 0.3 is 0 Å². The van der Waals surface area contributed by atoms with E-state index in [1.807, 2.05) is 20.7 Å². The van der Waals surface area contributed by atoms with Crippen molar-refractivity contribution >= 4 is 6.34 Å². The van der Waals surface area contributed by atoms with Gasteiger partial charge in [-0.05, 0) is 25.5 Å². The van der Waals surface area contributed by atoms with Gasteiger partial charge in [0.1, 0.15) is 18.3 Å². The zero-order chi connectivity index (χ0) is 19.7. The van der Waals surface area contributed by atoms with Crippen LogP contribution in [0.4, 0.5) is 4.39 Å². The fourth-order valence-corrected chi connectivity index (χ4v) is 3.50. The molecule has 0 aliphatic carbocycles. The fourth-order valence-electron chi connectivity index (χ4n) is 3.50. The number of aliphatic hydroxyl groups excluding tert-OH is 1. The van der Waals surface area contributed by atoms with Crippen molar-refractivity contribution in [1.29, 1.82) is 0 Å². The summed E-state index contributed by atoms with van der Waals surface area (Å²) in [5.41, 5.74) is 2.24. The van der Waals surface area contributed by atoms with Crippen LogP contribution in [0.3, 0.4) is 0 Å². The third kappa shape index (κ3) is 3.38. The van der Waals surface area contributed by atoms with Crippen molar-refractivity contribution in [3.8, 4) is 11.5 Å². The highest BCUT2D eigenvalue weighted by Gasteiger charge is 2.33. The van der Waals surface area contributed by atoms with Crippen LogP contribution in [-0.2, 0) is 6.54 Å². The maximum absolute atomic E-state index is 14.2. The summed E-state index contributed by atoms with van der Waals surface area (Å²) < 4.78 is 16.1. The summed E-state index contributed by atoms with van der Waals surface area (Å²) >= 11 is 0. The van der Waals surface area contributed by atoms with Crippen molar-refractivity contribution in [2.75, 3.05) is 13.3 Å². The van der Waals surface area contributed by atoms with E-state index in [0.717, 1.165) is 24.2 Å². The zero-order valence-electron chi connectivity index (χ0n) is 16.0. The molecule has 2 aliphatic rings. The van der Waals surface area contributed by atoms with E-state index < -0.39 is 12.0 Å². The summed E-state index contributed by atoms with van der Waals surface area (Å²) in [6.45, 7) is 5.56. The highest BCUT2D eigenvalue weighted by molar-refractivity contribution is 5.59. The largest absolute Gasteiger partial charge is 0.379 e. The molecule has 4 heterocycles. The molecule has 28 heavy (non-hydrogen) atoms. The number of fused-ring (bicyclic) bond motifs is 1. The molecule has 0 bridgehead atoms. The van der Waals surface area contributed by atoms with E-state index in [9.17, 15) is 9.50 Å². The van der Waals surface area contributed by atoms with Crippen LogP contribution in [0.5, 0.6) is 0 Å². The number of halogens is 1. The Bertz CT molecular complexity index is 907. The number of imidazole rings is 1. The van der Waals surface area contributed by atoms with E-state index >= 15 is 0 Å². The van der Waals surface area contributed by atoms with Crippen molar-refractivity contribution in [2.45, 2.75) is 39.5 Å². The summed E-state index contributed by atoms with van der Waals surface area (Å²) in [7, 11) is 0. The first kappa shape index (κ1) is 18.6. The molecule has 1 saturated heterocycles. The zero-order valence-corrected chi connectivity index (χ0v) is 16.0. The van der Waals surface area contributed by atoms with Crippen molar-refractivity contribution in [1.82, 2.24) is 29.5 Å². The maximum atomic E-state index is 14.2. The van der Waals surface area contributed by atoms with Gasteiger partial charge in [-0.1, -0.05) is 13.3 Å². The molecular formula is C19H24FN7O. The van der Waals surface area contributed by atoms with Gasteiger partial charge in [0.2, 0.25) is 0 Å². The lowest BCUT2D eigenvalue weighted by atomic mass is 10.2. The normalized spacial score (nSPS) is 18.1. The minimum absolute atomic E-state index is 0.230. The van der Waals surface area contributed by atoms with Crippen molar-refractivity contribution in [3.05, 3.63) is 47.9 Å². The highest BCUT2D eigenvalue weighted by Crippen LogP contribution is 2.29. The Hall–Kier alpha value is -2.78. The first-order valence-electron chi connectivity index (χ1n) is 9.43. The first-order chi connectivity index (χ1) is 13.6. The Kier molecular flexibility index (Phi) is 5.10. The molecule has 1 unspecified atom stereocenters. The van der Waals surface area contributed by atoms with Gasteiger partial charge in [-0.3, -0.25) is 10.0 Å². The van der Waals surface area contributed by atoms with Crippen molar-refractivity contribution in [3.63, 3.8) is 0 Å². The first-order valence-corrected chi connectivity index (χ1v) is 9.43. The predicted octanol–water partition coefficient (Wildman–Crippen LogP) is 2.23. The molecule has 148 valence electrons. The Morgan fingerprint density at radius 1 is 1.25 bits per heavy atom. The number of rotatable bonds is 6. The summed E-state index contributed by atoms with van der Waals surface area (Å²) in [5, 5.41) is 14.1. The number of hydrazine groups is 1. The second kappa shape index (κ2) is 7.69. The third-order valence-electron chi connectivity index (χ3n) is 4.96. The lowest BCUT2D eigenvalue weighted by Crippen LogP contribution is -2.38. The van der Waals surface area contributed by atoms with Crippen LogP contribution in [0.15, 0.2) is 47.1 Å². The molecule has 9 heteroatoms. The number of aliphatic hydroxyl groups is 1. The third-order valence-corrected chi connectivity index (χ3v) is 4.96. The molecule has 8 nitrogen and oxygen atoms in total. The Morgan fingerprint density at radius 3 is 2.86 bits per heavy atom. The predicted molar refractivity (Wildman–Crippen MR) is 103 cm³/mol. The van der Waals surface area contributed by atoms with Crippen LogP contribution in [0.2, 0.25) is 0 Å². The minimum atomic E-state index is -0.530. The van der Waals surface area contributed by atoms with Crippen molar-refractivity contribution < 1.29 is 9.50 Å². The molecule has 0 aromatic carbocycles. The van der Waals surface area contributed by atoms with Gasteiger partial charge in [-0.25, -0.2) is 24.3 Å². The number of aliphatic imine (C=N–C) groups is 1. The number of hydrogen-bond acceptors (Lipinski definition) is 7. The average Bonchev–Trinajstić information content (AvgIpc) is 3.31. The summed E-state index contributed by atoms with van der Waals surface area (Å²) in [5.74, 6) is 0.0780. The van der Waals surface area contributed by atoms with Crippen molar-refractivity contribution in [2.24, 2.45) is 4.99 Å². The van der Waals surface area contributed by atoms with E-state index in [1.54, 1.807) is 31.7 Å². The second-order valence-electron chi connectivity index (χ2n) is 6.94. The molecule has 2 aromatic rings. The highest BCUT2D eigenvalue weighted by atomic mass is 19.1. The van der Waals surface area contributed by atoms with Crippen LogP contribution in [0, 0.1) is 5.82 Å². The number of nitrogens with zero attached hydrogens (tertiary/aromatic N) is 7. The molecule has 4 rings (SSSR count). The molecular weight excluding hydrogens is 361 g/mol. The molecule has 0 radical (unpaired) electrons. The van der Waals surface area contributed by atoms with Crippen LogP contribution in [0.25, 0.3) is 11.5 Å². The maximum Gasteiger partial charge on any atom is 0.162 e. The average molecular weight is 385 g/mol. The van der Waals surface area contributed by atoms with Gasteiger partial charge in [0.15, 0.2) is 11.6 Å². The van der Waals surface area contributed by atoms with Gasteiger partial charge < -0.3 is 9.67 Å². The summed E-state index contributed by atoms with van der Waals surface area (Å²) in [6.07, 6.45) is 8.11. The van der Waals surface area contributed by atoms with Crippen LogP contribution < -0.4 is 0 Å². The number of pyridine rings is 1.